The van der Waals surface area contributed by atoms with Crippen LogP contribution in [0, 0.1) is 0 Å². The number of hydrogen-bond donors (Lipinski definition) is 0. The third-order valence-electron chi connectivity index (χ3n) is 7.10. The van der Waals surface area contributed by atoms with E-state index in [0.29, 0.717) is 11.5 Å². The number of benzene rings is 5. The van der Waals surface area contributed by atoms with Crippen molar-refractivity contribution in [1.29, 1.82) is 0 Å². The molecule has 0 aliphatic carbocycles. The van der Waals surface area contributed by atoms with E-state index in [1.807, 2.05) is 6.07 Å². The second kappa shape index (κ2) is 7.27. The van der Waals surface area contributed by atoms with Gasteiger partial charge >= 0.3 is 0 Å². The lowest BCUT2D eigenvalue weighted by atomic mass is 10.0. The van der Waals surface area contributed by atoms with Crippen LogP contribution in [-0.4, -0.2) is 14.5 Å². The Hall–Kier alpha value is -4.96. The van der Waals surface area contributed by atoms with E-state index >= 15 is 0 Å². The molecule has 8 aromatic rings. The van der Waals surface area contributed by atoms with Crippen molar-refractivity contribution in [2.45, 2.75) is 0 Å². The lowest BCUT2D eigenvalue weighted by Gasteiger charge is -2.11. The fraction of sp³-hybridized carbons (Fsp3) is 0. The Morgan fingerprint density at radius 3 is 2.17 bits per heavy atom. The molecule has 4 nitrogen and oxygen atoms in total. The first-order valence-electron chi connectivity index (χ1n) is 12.0. The smallest absolute Gasteiger partial charge is 0.236 e. The largest absolute Gasteiger partial charge is 0.460 e. The van der Waals surface area contributed by atoms with Crippen LogP contribution in [0.1, 0.15) is 0 Å². The Kier molecular flexibility index (Phi) is 3.91. The summed E-state index contributed by atoms with van der Waals surface area (Å²) < 4.78 is 8.10. The first-order chi connectivity index (χ1) is 17.9. The molecule has 0 aliphatic rings. The van der Waals surface area contributed by atoms with Crippen molar-refractivity contribution in [3.63, 3.8) is 0 Å². The minimum Gasteiger partial charge on any atom is -0.460 e. The van der Waals surface area contributed by atoms with Crippen LogP contribution in [0.25, 0.3) is 71.7 Å². The second-order valence-corrected chi connectivity index (χ2v) is 9.07. The molecule has 4 heteroatoms. The molecule has 168 valence electrons. The van der Waals surface area contributed by atoms with E-state index in [0.717, 1.165) is 33.2 Å². The highest BCUT2D eigenvalue weighted by atomic mass is 16.3. The molecular formula is C32H19N3O. The van der Waals surface area contributed by atoms with Crippen LogP contribution in [0.2, 0.25) is 0 Å². The molecule has 0 N–H and O–H groups in total. The minimum atomic E-state index is 0.633. The Morgan fingerprint density at radius 1 is 0.556 bits per heavy atom. The van der Waals surface area contributed by atoms with Gasteiger partial charge < -0.3 is 4.42 Å². The normalized spacial score (nSPS) is 11.9. The van der Waals surface area contributed by atoms with Crippen molar-refractivity contribution in [3.05, 3.63) is 115 Å². The maximum Gasteiger partial charge on any atom is 0.236 e. The Morgan fingerprint density at radius 2 is 1.28 bits per heavy atom. The minimum absolute atomic E-state index is 0.633. The van der Waals surface area contributed by atoms with Crippen LogP contribution in [0.4, 0.5) is 0 Å². The number of hydrogen-bond acceptors (Lipinski definition) is 3. The molecule has 0 bridgehead atoms. The summed E-state index contributed by atoms with van der Waals surface area (Å²) in [5.41, 5.74) is 5.47. The van der Waals surface area contributed by atoms with Crippen LogP contribution >= 0.6 is 0 Å². The summed E-state index contributed by atoms with van der Waals surface area (Å²) in [7, 11) is 0. The third-order valence-corrected chi connectivity index (χ3v) is 7.10. The summed E-state index contributed by atoms with van der Waals surface area (Å²) in [6, 6.07) is 38.0. The number of furan rings is 1. The number of nitrogens with zero attached hydrogens (tertiary/aromatic N) is 3. The Labute approximate surface area is 206 Å². The van der Waals surface area contributed by atoms with Gasteiger partial charge in [0.15, 0.2) is 5.58 Å². The van der Waals surface area contributed by atoms with Crippen LogP contribution in [0.3, 0.4) is 0 Å². The lowest BCUT2D eigenvalue weighted by molar-refractivity contribution is 0.614. The molecule has 0 aliphatic heterocycles. The highest BCUT2D eigenvalue weighted by Crippen LogP contribution is 2.38. The van der Waals surface area contributed by atoms with Gasteiger partial charge in [0.05, 0.1) is 17.3 Å². The van der Waals surface area contributed by atoms with E-state index in [2.05, 4.69) is 108 Å². The van der Waals surface area contributed by atoms with E-state index < -0.39 is 0 Å². The van der Waals surface area contributed by atoms with Gasteiger partial charge in [-0.05, 0) is 33.7 Å². The van der Waals surface area contributed by atoms with Crippen LogP contribution in [0.15, 0.2) is 120 Å². The molecule has 0 unspecified atom stereocenters. The molecule has 0 radical (unpaired) electrons. The monoisotopic (exact) mass is 461 g/mol. The van der Waals surface area contributed by atoms with Gasteiger partial charge in [0, 0.05) is 22.4 Å². The molecule has 8 rings (SSSR count). The molecule has 0 amide bonds. The van der Waals surface area contributed by atoms with Crippen molar-refractivity contribution >= 4 is 54.5 Å². The zero-order valence-electron chi connectivity index (χ0n) is 19.2. The fourth-order valence-corrected chi connectivity index (χ4v) is 5.52. The van der Waals surface area contributed by atoms with Crippen molar-refractivity contribution in [2.75, 3.05) is 0 Å². The first-order valence-corrected chi connectivity index (χ1v) is 12.0. The van der Waals surface area contributed by atoms with Gasteiger partial charge in [-0.2, -0.15) is 0 Å². The third kappa shape index (κ3) is 2.64. The molecule has 0 fully saturated rings. The molecule has 0 saturated carbocycles. The van der Waals surface area contributed by atoms with Gasteiger partial charge in [-0.3, -0.25) is 4.57 Å². The van der Waals surface area contributed by atoms with Gasteiger partial charge in [-0.25, -0.2) is 9.97 Å². The Bertz CT molecular complexity index is 2110. The molecule has 0 atom stereocenters. The summed E-state index contributed by atoms with van der Waals surface area (Å²) in [6.07, 6.45) is 1.69. The van der Waals surface area contributed by atoms with Crippen molar-refractivity contribution in [1.82, 2.24) is 14.5 Å². The van der Waals surface area contributed by atoms with E-state index in [9.17, 15) is 0 Å². The summed E-state index contributed by atoms with van der Waals surface area (Å²) >= 11 is 0. The van der Waals surface area contributed by atoms with E-state index in [1.54, 1.807) is 6.26 Å². The average molecular weight is 462 g/mol. The standard InChI is InChI=1S/C32H19N3O/c1-3-11-22-20(8-1)10-7-14-24(22)30-31-26(18-19-36-31)33-32(34-30)35-27-15-6-5-13-25(27)29-23-12-4-2-9-21(23)16-17-28(29)35/h1-19H. The van der Waals surface area contributed by atoms with Gasteiger partial charge in [0.1, 0.15) is 11.2 Å². The summed E-state index contributed by atoms with van der Waals surface area (Å²) in [5.74, 6) is 0.633. The van der Waals surface area contributed by atoms with Crippen LogP contribution in [-0.2, 0) is 0 Å². The molecule has 0 spiro atoms. The van der Waals surface area contributed by atoms with E-state index in [4.69, 9.17) is 14.4 Å². The summed E-state index contributed by atoms with van der Waals surface area (Å²) in [4.78, 5) is 10.2. The number of para-hydroxylation sites is 1. The highest BCUT2D eigenvalue weighted by Gasteiger charge is 2.20. The van der Waals surface area contributed by atoms with E-state index in [-0.39, 0.29) is 0 Å². The SMILES string of the molecule is c1ccc2c(-c3nc(-n4c5ccccc5c5c6ccccc6ccc54)nc4ccoc34)cccc2c1. The van der Waals surface area contributed by atoms with Crippen molar-refractivity contribution in [3.8, 4) is 17.2 Å². The van der Waals surface area contributed by atoms with Crippen LogP contribution in [0.5, 0.6) is 0 Å². The second-order valence-electron chi connectivity index (χ2n) is 9.07. The van der Waals surface area contributed by atoms with Crippen LogP contribution < -0.4 is 0 Å². The first kappa shape index (κ1) is 19.4. The topological polar surface area (TPSA) is 43.9 Å². The number of aromatic nitrogens is 3. The number of rotatable bonds is 2. The van der Waals surface area contributed by atoms with Gasteiger partial charge in [-0.15, -0.1) is 0 Å². The maximum absolute atomic E-state index is 5.92. The molecular weight excluding hydrogens is 442 g/mol. The quantitative estimate of drug-likeness (QED) is 0.260. The van der Waals surface area contributed by atoms with Gasteiger partial charge in [0.2, 0.25) is 5.95 Å². The number of fused-ring (bicyclic) bond motifs is 7. The molecule has 36 heavy (non-hydrogen) atoms. The average Bonchev–Trinajstić information content (AvgIpc) is 3.55. The zero-order chi connectivity index (χ0) is 23.6. The molecule has 3 aromatic heterocycles. The lowest BCUT2D eigenvalue weighted by Crippen LogP contribution is -2.02. The van der Waals surface area contributed by atoms with Crippen molar-refractivity contribution in [2.24, 2.45) is 0 Å². The summed E-state index contributed by atoms with van der Waals surface area (Å²) in [6.45, 7) is 0. The predicted octanol–water partition coefficient (Wildman–Crippen LogP) is 8.29. The van der Waals surface area contributed by atoms with Gasteiger partial charge in [-0.1, -0.05) is 91.0 Å². The summed E-state index contributed by atoms with van der Waals surface area (Å²) in [5, 5.41) is 7.14. The molecule has 3 heterocycles. The zero-order valence-corrected chi connectivity index (χ0v) is 19.2. The van der Waals surface area contributed by atoms with Gasteiger partial charge in [0.25, 0.3) is 0 Å². The van der Waals surface area contributed by atoms with E-state index in [1.165, 1.54) is 26.9 Å². The molecule has 5 aromatic carbocycles. The maximum atomic E-state index is 5.92. The Balaban J connectivity index is 1.51. The fourth-order valence-electron chi connectivity index (χ4n) is 5.52. The van der Waals surface area contributed by atoms with Crippen molar-refractivity contribution < 1.29 is 4.42 Å². The highest BCUT2D eigenvalue weighted by molar-refractivity contribution is 6.21. The predicted molar refractivity (Wildman–Crippen MR) is 147 cm³/mol. The molecule has 0 saturated heterocycles.